The molecule has 0 aliphatic rings. The van der Waals surface area contributed by atoms with Crippen LogP contribution in [0.15, 0.2) is 30.0 Å². The monoisotopic (exact) mass is 254 g/mol. The summed E-state index contributed by atoms with van der Waals surface area (Å²) in [5.41, 5.74) is 1.87. The third-order valence-corrected chi connectivity index (χ3v) is 3.52. The standard InChI is InChI=1S/C13H10N4S/c1-2-13-17-11-4-3-10(5-12(11)18-13)16-8-9(6-14)7-15/h3-5,8,16H,2H2,1H3. The Morgan fingerprint density at radius 2 is 2.22 bits per heavy atom. The summed E-state index contributed by atoms with van der Waals surface area (Å²) in [5, 5.41) is 21.3. The van der Waals surface area contributed by atoms with E-state index in [1.807, 2.05) is 18.2 Å². The molecule has 0 atom stereocenters. The predicted molar refractivity (Wildman–Crippen MR) is 71.9 cm³/mol. The van der Waals surface area contributed by atoms with Gasteiger partial charge in [0.05, 0.1) is 15.2 Å². The van der Waals surface area contributed by atoms with Crippen molar-refractivity contribution in [1.82, 2.24) is 4.98 Å². The molecule has 5 heteroatoms. The highest BCUT2D eigenvalue weighted by Gasteiger charge is 2.02. The van der Waals surface area contributed by atoms with Crippen molar-refractivity contribution in [3.05, 3.63) is 35.0 Å². The maximum absolute atomic E-state index is 8.62. The van der Waals surface area contributed by atoms with E-state index in [-0.39, 0.29) is 5.57 Å². The van der Waals surface area contributed by atoms with Gasteiger partial charge in [0, 0.05) is 11.9 Å². The van der Waals surface area contributed by atoms with E-state index < -0.39 is 0 Å². The van der Waals surface area contributed by atoms with Gasteiger partial charge in [-0.3, -0.25) is 0 Å². The Labute approximate surface area is 109 Å². The number of thiazole rings is 1. The van der Waals surface area contributed by atoms with E-state index in [9.17, 15) is 0 Å². The van der Waals surface area contributed by atoms with Crippen LogP contribution in [0.4, 0.5) is 5.69 Å². The number of rotatable bonds is 3. The molecule has 0 bridgehead atoms. The first-order valence-electron chi connectivity index (χ1n) is 5.43. The largest absolute Gasteiger partial charge is 0.360 e. The average molecular weight is 254 g/mol. The Hall–Kier alpha value is -2.37. The molecule has 1 aromatic heterocycles. The Morgan fingerprint density at radius 3 is 2.89 bits per heavy atom. The molecule has 1 N–H and O–H groups in total. The van der Waals surface area contributed by atoms with Crippen LogP contribution < -0.4 is 5.32 Å². The fourth-order valence-electron chi connectivity index (χ4n) is 1.46. The number of hydrogen-bond acceptors (Lipinski definition) is 5. The second-order valence-electron chi connectivity index (χ2n) is 3.57. The number of benzene rings is 1. The van der Waals surface area contributed by atoms with Crippen molar-refractivity contribution >= 4 is 27.2 Å². The van der Waals surface area contributed by atoms with Gasteiger partial charge in [-0.15, -0.1) is 11.3 Å². The number of fused-ring (bicyclic) bond motifs is 1. The van der Waals surface area contributed by atoms with Crippen LogP contribution in [0.5, 0.6) is 0 Å². The Balaban J connectivity index is 2.28. The Bertz CT molecular complexity index is 669. The van der Waals surface area contributed by atoms with Gasteiger partial charge in [0.2, 0.25) is 0 Å². The van der Waals surface area contributed by atoms with E-state index >= 15 is 0 Å². The molecular formula is C13H10N4S. The summed E-state index contributed by atoms with van der Waals surface area (Å²) in [5.74, 6) is 0. The van der Waals surface area contributed by atoms with Crippen molar-refractivity contribution in [3.8, 4) is 12.1 Å². The van der Waals surface area contributed by atoms with Crippen molar-refractivity contribution in [2.45, 2.75) is 13.3 Å². The highest BCUT2D eigenvalue weighted by atomic mass is 32.1. The van der Waals surface area contributed by atoms with E-state index in [1.54, 1.807) is 23.5 Å². The number of nitriles is 2. The zero-order valence-electron chi connectivity index (χ0n) is 9.77. The molecule has 2 aromatic rings. The second-order valence-corrected chi connectivity index (χ2v) is 4.68. The number of aryl methyl sites for hydroxylation is 1. The van der Waals surface area contributed by atoms with Gasteiger partial charge in [0.15, 0.2) is 0 Å². The molecule has 0 amide bonds. The van der Waals surface area contributed by atoms with Crippen molar-refractivity contribution in [1.29, 1.82) is 10.5 Å². The lowest BCUT2D eigenvalue weighted by Crippen LogP contribution is -1.89. The molecule has 0 saturated heterocycles. The van der Waals surface area contributed by atoms with Crippen LogP contribution in [0, 0.1) is 22.7 Å². The normalized spacial score (nSPS) is 9.50. The Kier molecular flexibility index (Phi) is 3.57. The molecule has 1 aromatic carbocycles. The smallest absolute Gasteiger partial charge is 0.145 e. The van der Waals surface area contributed by atoms with Crippen LogP contribution in [0.3, 0.4) is 0 Å². The summed E-state index contributed by atoms with van der Waals surface area (Å²) < 4.78 is 1.10. The fourth-order valence-corrected chi connectivity index (χ4v) is 2.40. The lowest BCUT2D eigenvalue weighted by atomic mass is 10.3. The molecule has 0 saturated carbocycles. The number of anilines is 1. The quantitative estimate of drug-likeness (QED) is 0.854. The summed E-state index contributed by atoms with van der Waals surface area (Å²) in [6.45, 7) is 2.08. The van der Waals surface area contributed by atoms with Gasteiger partial charge < -0.3 is 5.32 Å². The summed E-state index contributed by atoms with van der Waals surface area (Å²) in [4.78, 5) is 4.47. The van der Waals surface area contributed by atoms with Gasteiger partial charge >= 0.3 is 0 Å². The third-order valence-electron chi connectivity index (χ3n) is 2.36. The molecule has 18 heavy (non-hydrogen) atoms. The first-order valence-corrected chi connectivity index (χ1v) is 6.25. The van der Waals surface area contributed by atoms with E-state index in [1.165, 1.54) is 6.20 Å². The maximum atomic E-state index is 8.62. The molecule has 0 unspecified atom stereocenters. The van der Waals surface area contributed by atoms with Crippen molar-refractivity contribution in [2.75, 3.05) is 5.32 Å². The highest BCUT2D eigenvalue weighted by Crippen LogP contribution is 2.25. The molecule has 88 valence electrons. The first kappa shape index (κ1) is 12.1. The van der Waals surface area contributed by atoms with Crippen molar-refractivity contribution in [3.63, 3.8) is 0 Å². The highest BCUT2D eigenvalue weighted by molar-refractivity contribution is 7.18. The zero-order chi connectivity index (χ0) is 13.0. The molecule has 1 heterocycles. The zero-order valence-corrected chi connectivity index (χ0v) is 10.6. The molecule has 4 nitrogen and oxygen atoms in total. The van der Waals surface area contributed by atoms with E-state index in [2.05, 4.69) is 17.2 Å². The minimum Gasteiger partial charge on any atom is -0.360 e. The SMILES string of the molecule is CCc1nc2ccc(NC=C(C#N)C#N)cc2s1. The van der Waals surface area contributed by atoms with E-state index in [4.69, 9.17) is 10.5 Å². The third kappa shape index (κ3) is 2.48. The maximum Gasteiger partial charge on any atom is 0.145 e. The van der Waals surface area contributed by atoms with E-state index in [0.29, 0.717) is 0 Å². The molecular weight excluding hydrogens is 244 g/mol. The first-order chi connectivity index (χ1) is 8.76. The minimum atomic E-state index is 0.0497. The van der Waals surface area contributed by atoms with Crippen LogP contribution >= 0.6 is 11.3 Å². The van der Waals surface area contributed by atoms with Crippen LogP contribution in [0.1, 0.15) is 11.9 Å². The van der Waals surface area contributed by atoms with Crippen LogP contribution in [-0.4, -0.2) is 4.98 Å². The van der Waals surface area contributed by atoms with E-state index in [0.717, 1.165) is 27.3 Å². The topological polar surface area (TPSA) is 72.5 Å². The molecule has 0 fully saturated rings. The molecule has 0 aliphatic heterocycles. The van der Waals surface area contributed by atoms with Crippen LogP contribution in [0.2, 0.25) is 0 Å². The number of allylic oxidation sites excluding steroid dienone is 1. The summed E-state index contributed by atoms with van der Waals surface area (Å²) in [7, 11) is 0. The second kappa shape index (κ2) is 5.31. The predicted octanol–water partition coefficient (Wildman–Crippen LogP) is 3.20. The van der Waals surface area contributed by atoms with Crippen molar-refractivity contribution in [2.24, 2.45) is 0 Å². The van der Waals surface area contributed by atoms with Gasteiger partial charge in [-0.05, 0) is 24.6 Å². The molecule has 0 spiro atoms. The molecule has 2 rings (SSSR count). The number of hydrogen-bond donors (Lipinski definition) is 1. The minimum absolute atomic E-state index is 0.0497. The summed E-state index contributed by atoms with van der Waals surface area (Å²) in [6, 6.07) is 9.38. The summed E-state index contributed by atoms with van der Waals surface area (Å²) in [6.07, 6.45) is 2.33. The lowest BCUT2D eigenvalue weighted by molar-refractivity contribution is 1.11. The molecule has 0 radical (unpaired) electrons. The fraction of sp³-hybridized carbons (Fsp3) is 0.154. The van der Waals surface area contributed by atoms with Crippen molar-refractivity contribution < 1.29 is 0 Å². The van der Waals surface area contributed by atoms with Gasteiger partial charge in [-0.1, -0.05) is 6.92 Å². The summed E-state index contributed by atoms with van der Waals surface area (Å²) >= 11 is 1.66. The molecule has 0 aliphatic carbocycles. The Morgan fingerprint density at radius 1 is 1.44 bits per heavy atom. The average Bonchev–Trinajstić information content (AvgIpc) is 2.82. The van der Waals surface area contributed by atoms with Gasteiger partial charge in [-0.2, -0.15) is 10.5 Å². The number of nitrogens with one attached hydrogen (secondary N) is 1. The van der Waals surface area contributed by atoms with Gasteiger partial charge in [0.1, 0.15) is 17.7 Å². The van der Waals surface area contributed by atoms with Gasteiger partial charge in [-0.25, -0.2) is 4.98 Å². The van der Waals surface area contributed by atoms with Crippen LogP contribution in [-0.2, 0) is 6.42 Å². The number of nitrogens with zero attached hydrogens (tertiary/aromatic N) is 3. The number of aromatic nitrogens is 1. The lowest BCUT2D eigenvalue weighted by Gasteiger charge is -1.99. The van der Waals surface area contributed by atoms with Crippen LogP contribution in [0.25, 0.3) is 10.2 Å². The van der Waals surface area contributed by atoms with Gasteiger partial charge in [0.25, 0.3) is 0 Å².